The highest BCUT2D eigenvalue weighted by Crippen LogP contribution is 2.46. The SMILES string of the molecule is CCN(C[C@H]1N[C@@](Cc2ccccc2)(C(=O)OC)[C@H]2C(=O)N(Cc3ccccc3)C(=O)[C@@H]12)C(=O)Nc1ccc(C)cc1.O=C(O)C(F)(F)F. The molecule has 14 heteroatoms. The fourth-order valence-corrected chi connectivity index (χ4v) is 6.22. The molecule has 0 radical (unpaired) electrons. The number of likely N-dealkylation sites (N-methyl/N-ethyl adjacent to an activating group) is 1. The summed E-state index contributed by atoms with van der Waals surface area (Å²) in [6, 6.07) is 25.1. The van der Waals surface area contributed by atoms with Crippen LogP contribution in [0, 0.1) is 18.8 Å². The van der Waals surface area contributed by atoms with E-state index < -0.39 is 47.4 Å². The number of carboxylic acid groups (broad SMARTS) is 1. The predicted octanol–water partition coefficient (Wildman–Crippen LogP) is 4.41. The fourth-order valence-electron chi connectivity index (χ4n) is 6.22. The minimum absolute atomic E-state index is 0.103. The number of carbonyl (C=O) groups excluding carboxylic acids is 4. The molecule has 2 saturated heterocycles. The first-order valence-electron chi connectivity index (χ1n) is 15.4. The number of anilines is 1. The summed E-state index contributed by atoms with van der Waals surface area (Å²) in [6.45, 7) is 4.39. The van der Waals surface area contributed by atoms with Gasteiger partial charge in [0.25, 0.3) is 0 Å². The number of methoxy groups -OCH3 is 1. The van der Waals surface area contributed by atoms with E-state index >= 15 is 0 Å². The molecule has 2 heterocycles. The number of aliphatic carboxylic acids is 1. The minimum Gasteiger partial charge on any atom is -0.475 e. The Morgan fingerprint density at radius 1 is 0.939 bits per heavy atom. The summed E-state index contributed by atoms with van der Waals surface area (Å²) in [4.78, 5) is 66.8. The quantitative estimate of drug-likeness (QED) is 0.223. The Balaban J connectivity index is 0.000000698. The number of fused-ring (bicyclic) bond motifs is 1. The second kappa shape index (κ2) is 15.3. The number of nitrogens with zero attached hydrogens (tertiary/aromatic N) is 2. The van der Waals surface area contributed by atoms with Gasteiger partial charge < -0.3 is 20.1 Å². The smallest absolute Gasteiger partial charge is 0.475 e. The molecule has 5 rings (SSSR count). The number of benzene rings is 3. The van der Waals surface area contributed by atoms with Crippen LogP contribution in [-0.4, -0.2) is 82.6 Å². The number of alkyl halides is 3. The number of likely N-dealkylation sites (tertiary alicyclic amines) is 1. The summed E-state index contributed by atoms with van der Waals surface area (Å²) in [5, 5.41) is 13.4. The van der Waals surface area contributed by atoms with Crippen LogP contribution >= 0.6 is 0 Å². The molecule has 0 bridgehead atoms. The van der Waals surface area contributed by atoms with Crippen molar-refractivity contribution in [1.82, 2.24) is 15.1 Å². The zero-order valence-corrected chi connectivity index (χ0v) is 27.1. The van der Waals surface area contributed by atoms with Gasteiger partial charge in [-0.15, -0.1) is 0 Å². The van der Waals surface area contributed by atoms with Crippen LogP contribution in [0.25, 0.3) is 0 Å². The number of imide groups is 1. The number of nitrogens with one attached hydrogen (secondary N) is 2. The number of carbonyl (C=O) groups is 5. The first kappa shape index (κ1) is 36.6. The Hall–Kier alpha value is -5.24. The summed E-state index contributed by atoms with van der Waals surface area (Å²) in [7, 11) is 1.29. The molecule has 0 spiro atoms. The second-order valence-electron chi connectivity index (χ2n) is 11.8. The predicted molar refractivity (Wildman–Crippen MR) is 172 cm³/mol. The van der Waals surface area contributed by atoms with Gasteiger partial charge in [-0.3, -0.25) is 24.6 Å². The number of rotatable bonds is 9. The topological polar surface area (TPSA) is 145 Å². The number of urea groups is 1. The molecule has 3 aromatic carbocycles. The van der Waals surface area contributed by atoms with Crippen LogP contribution in [-0.2, 0) is 36.9 Å². The lowest BCUT2D eigenvalue weighted by Gasteiger charge is -2.33. The van der Waals surface area contributed by atoms with Crippen molar-refractivity contribution in [3.63, 3.8) is 0 Å². The number of hydrogen-bond acceptors (Lipinski definition) is 7. The van der Waals surface area contributed by atoms with Crippen molar-refractivity contribution in [3.8, 4) is 0 Å². The van der Waals surface area contributed by atoms with E-state index in [0.717, 1.165) is 16.7 Å². The minimum atomic E-state index is -5.08. The van der Waals surface area contributed by atoms with Gasteiger partial charge in [0.2, 0.25) is 11.8 Å². The third-order valence-electron chi connectivity index (χ3n) is 8.54. The largest absolute Gasteiger partial charge is 0.490 e. The van der Waals surface area contributed by atoms with E-state index in [1.165, 1.54) is 12.0 Å². The van der Waals surface area contributed by atoms with Gasteiger partial charge in [0.1, 0.15) is 5.54 Å². The van der Waals surface area contributed by atoms with Gasteiger partial charge in [-0.25, -0.2) is 9.59 Å². The summed E-state index contributed by atoms with van der Waals surface area (Å²) < 4.78 is 37.0. The van der Waals surface area contributed by atoms with Crippen molar-refractivity contribution >= 4 is 35.5 Å². The van der Waals surface area contributed by atoms with E-state index in [2.05, 4.69) is 10.6 Å². The zero-order chi connectivity index (χ0) is 35.9. The van der Waals surface area contributed by atoms with Crippen LogP contribution in [0.5, 0.6) is 0 Å². The fraction of sp³-hybridized carbons (Fsp3) is 0.343. The van der Waals surface area contributed by atoms with E-state index in [-0.39, 0.29) is 31.4 Å². The van der Waals surface area contributed by atoms with Crippen LogP contribution in [0.1, 0.15) is 23.6 Å². The number of esters is 1. The molecule has 0 unspecified atom stereocenters. The number of hydrogen-bond donors (Lipinski definition) is 3. The Labute approximate surface area is 281 Å². The Bertz CT molecular complexity index is 1660. The van der Waals surface area contributed by atoms with Gasteiger partial charge >= 0.3 is 24.1 Å². The molecular formula is C35H37F3N4O7. The lowest BCUT2D eigenvalue weighted by atomic mass is 9.76. The standard InChI is InChI=1S/C33H36N4O5.C2HF3O2/c1-4-36(32(41)34-25-17-15-22(2)16-18-25)21-26-27-28(30(39)37(29(27)38)20-24-13-9-6-10-14-24)33(35-26,31(40)42-3)19-23-11-7-5-8-12-23;3-2(4,5)1(6)7/h5-18,26-28,35H,4,19-21H2,1-3H3,(H,34,41);(H,6,7)/t26-,27+,28-,33-;/m1./s1. The van der Waals surface area contributed by atoms with Crippen LogP contribution in [0.4, 0.5) is 23.7 Å². The molecule has 2 aliphatic heterocycles. The molecule has 3 N–H and O–H groups in total. The molecular weight excluding hydrogens is 645 g/mol. The van der Waals surface area contributed by atoms with Crippen LogP contribution in [0.2, 0.25) is 0 Å². The zero-order valence-electron chi connectivity index (χ0n) is 27.1. The third-order valence-corrected chi connectivity index (χ3v) is 8.54. The number of ether oxygens (including phenoxy) is 1. The molecule has 49 heavy (non-hydrogen) atoms. The Kier molecular flexibility index (Phi) is 11.4. The van der Waals surface area contributed by atoms with Gasteiger partial charge in [0.05, 0.1) is 25.5 Å². The van der Waals surface area contributed by atoms with Crippen molar-refractivity contribution in [1.29, 1.82) is 0 Å². The summed E-state index contributed by atoms with van der Waals surface area (Å²) in [6.07, 6.45) is -4.93. The summed E-state index contributed by atoms with van der Waals surface area (Å²) >= 11 is 0. The maximum atomic E-state index is 14.1. The monoisotopic (exact) mass is 682 g/mol. The van der Waals surface area contributed by atoms with E-state index in [0.29, 0.717) is 12.2 Å². The molecule has 2 fully saturated rings. The lowest BCUT2D eigenvalue weighted by Crippen LogP contribution is -2.60. The van der Waals surface area contributed by atoms with Crippen LogP contribution in [0.15, 0.2) is 84.9 Å². The number of halogens is 3. The van der Waals surface area contributed by atoms with E-state index in [4.69, 9.17) is 14.6 Å². The van der Waals surface area contributed by atoms with Crippen LogP contribution in [0.3, 0.4) is 0 Å². The Morgan fingerprint density at radius 2 is 1.49 bits per heavy atom. The van der Waals surface area contributed by atoms with E-state index in [1.807, 2.05) is 98.8 Å². The van der Waals surface area contributed by atoms with Crippen molar-refractivity contribution < 1.29 is 47.0 Å². The second-order valence-corrected chi connectivity index (χ2v) is 11.8. The van der Waals surface area contributed by atoms with Crippen molar-refractivity contribution in [3.05, 3.63) is 102 Å². The maximum Gasteiger partial charge on any atom is 0.490 e. The highest BCUT2D eigenvalue weighted by atomic mass is 19.4. The average molecular weight is 683 g/mol. The molecule has 4 amide bonds. The lowest BCUT2D eigenvalue weighted by molar-refractivity contribution is -0.192. The normalized spacial score (nSPS) is 21.3. The van der Waals surface area contributed by atoms with Gasteiger partial charge in [-0.2, -0.15) is 13.2 Å². The number of amides is 4. The van der Waals surface area contributed by atoms with Gasteiger partial charge in [0.15, 0.2) is 0 Å². The Morgan fingerprint density at radius 3 is 2.00 bits per heavy atom. The molecule has 3 aromatic rings. The highest BCUT2D eigenvalue weighted by molar-refractivity contribution is 6.09. The number of carboxylic acids is 1. The van der Waals surface area contributed by atoms with E-state index in [1.54, 1.807) is 4.90 Å². The van der Waals surface area contributed by atoms with Crippen molar-refractivity contribution in [2.24, 2.45) is 11.8 Å². The first-order chi connectivity index (χ1) is 23.2. The highest BCUT2D eigenvalue weighted by Gasteiger charge is 2.68. The average Bonchev–Trinajstić information content (AvgIpc) is 3.53. The summed E-state index contributed by atoms with van der Waals surface area (Å²) in [5.74, 6) is -6.00. The van der Waals surface area contributed by atoms with Crippen LogP contribution < -0.4 is 10.6 Å². The van der Waals surface area contributed by atoms with E-state index in [9.17, 15) is 32.3 Å². The summed E-state index contributed by atoms with van der Waals surface area (Å²) in [5.41, 5.74) is 1.86. The first-order valence-corrected chi connectivity index (χ1v) is 15.4. The molecule has 0 saturated carbocycles. The maximum absolute atomic E-state index is 14.1. The molecule has 260 valence electrons. The number of aryl methyl sites for hydroxylation is 1. The molecule has 2 aliphatic rings. The van der Waals surface area contributed by atoms with Crippen molar-refractivity contribution in [2.45, 2.75) is 44.6 Å². The molecule has 0 aliphatic carbocycles. The third kappa shape index (κ3) is 8.26. The van der Waals surface area contributed by atoms with Gasteiger partial charge in [-0.1, -0.05) is 78.4 Å². The molecule has 11 nitrogen and oxygen atoms in total. The molecule has 4 atom stereocenters. The van der Waals surface area contributed by atoms with Gasteiger partial charge in [0, 0.05) is 31.2 Å². The van der Waals surface area contributed by atoms with Gasteiger partial charge in [-0.05, 0) is 37.1 Å². The molecule has 0 aromatic heterocycles. The van der Waals surface area contributed by atoms with Crippen molar-refractivity contribution in [2.75, 3.05) is 25.5 Å².